The highest BCUT2D eigenvalue weighted by molar-refractivity contribution is 5.67. The van der Waals surface area contributed by atoms with Gasteiger partial charge in [-0.15, -0.1) is 0 Å². The van der Waals surface area contributed by atoms with Crippen LogP contribution in [0.3, 0.4) is 0 Å². The third kappa shape index (κ3) is 5.13. The van der Waals surface area contributed by atoms with Crippen molar-refractivity contribution >= 4 is 11.4 Å². The van der Waals surface area contributed by atoms with Crippen molar-refractivity contribution < 1.29 is 14.4 Å². The van der Waals surface area contributed by atoms with Gasteiger partial charge in [0.1, 0.15) is 5.75 Å². The van der Waals surface area contributed by atoms with E-state index in [4.69, 9.17) is 9.47 Å². The number of hydrogen-bond acceptors (Lipinski definition) is 5. The molecule has 0 bridgehead atoms. The summed E-state index contributed by atoms with van der Waals surface area (Å²) < 4.78 is 11.2. The Bertz CT molecular complexity index is 475. The summed E-state index contributed by atoms with van der Waals surface area (Å²) in [6.45, 7) is 8.89. The van der Waals surface area contributed by atoms with Gasteiger partial charge in [0.2, 0.25) is 5.75 Å². The highest BCUT2D eigenvalue weighted by atomic mass is 16.6. The average molecular weight is 296 g/mol. The lowest BCUT2D eigenvalue weighted by atomic mass is 10.2. The molecule has 0 atom stereocenters. The first kappa shape index (κ1) is 17.1. The first-order chi connectivity index (χ1) is 9.99. The number of ether oxygens (including phenoxy) is 2. The van der Waals surface area contributed by atoms with Crippen molar-refractivity contribution in [1.29, 1.82) is 0 Å². The summed E-state index contributed by atoms with van der Waals surface area (Å²) in [6, 6.07) is 3.24. The quantitative estimate of drug-likeness (QED) is 0.551. The molecule has 0 fully saturated rings. The number of nitrogens with zero attached hydrogens (tertiary/aromatic N) is 1. The predicted molar refractivity (Wildman–Crippen MR) is 83.4 cm³/mol. The predicted octanol–water partition coefficient (Wildman–Crippen LogP) is 3.99. The van der Waals surface area contributed by atoms with Crippen molar-refractivity contribution in [3.05, 3.63) is 22.2 Å². The molecular weight excluding hydrogens is 272 g/mol. The molecule has 0 spiro atoms. The topological polar surface area (TPSA) is 73.6 Å². The molecule has 0 aliphatic carbocycles. The summed E-state index contributed by atoms with van der Waals surface area (Å²) in [6.07, 6.45) is 1.65. The molecule has 1 N–H and O–H groups in total. The van der Waals surface area contributed by atoms with Crippen molar-refractivity contribution in [3.8, 4) is 11.5 Å². The number of nitrogens with one attached hydrogen (secondary N) is 1. The van der Waals surface area contributed by atoms with Crippen LogP contribution in [-0.2, 0) is 0 Å². The van der Waals surface area contributed by atoms with E-state index in [0.717, 1.165) is 12.8 Å². The number of benzene rings is 1. The molecule has 0 heterocycles. The second kappa shape index (κ2) is 8.34. The fraction of sp³-hybridized carbons (Fsp3) is 0.600. The Morgan fingerprint density at radius 3 is 2.19 bits per heavy atom. The fourth-order valence-corrected chi connectivity index (χ4v) is 1.78. The zero-order chi connectivity index (χ0) is 15.8. The molecule has 118 valence electrons. The van der Waals surface area contributed by atoms with E-state index in [1.54, 1.807) is 6.07 Å². The number of nitro groups is 1. The van der Waals surface area contributed by atoms with E-state index in [1.165, 1.54) is 6.07 Å². The summed E-state index contributed by atoms with van der Waals surface area (Å²) in [4.78, 5) is 10.8. The maximum Gasteiger partial charge on any atom is 0.313 e. The fourth-order valence-electron chi connectivity index (χ4n) is 1.78. The first-order valence-electron chi connectivity index (χ1n) is 7.34. The molecule has 21 heavy (non-hydrogen) atoms. The van der Waals surface area contributed by atoms with Gasteiger partial charge in [0.25, 0.3) is 0 Å². The SMILES string of the molecule is CCCOc1cc(OCCC)c([N+](=O)[O-])cc1NC(C)C. The van der Waals surface area contributed by atoms with Crippen LogP contribution in [0.1, 0.15) is 40.5 Å². The summed E-state index contributed by atoms with van der Waals surface area (Å²) in [5.74, 6) is 0.838. The van der Waals surface area contributed by atoms with Crippen LogP contribution in [0.15, 0.2) is 12.1 Å². The Morgan fingerprint density at radius 2 is 1.71 bits per heavy atom. The average Bonchev–Trinajstić information content (AvgIpc) is 2.43. The van der Waals surface area contributed by atoms with Crippen LogP contribution in [0.4, 0.5) is 11.4 Å². The van der Waals surface area contributed by atoms with Gasteiger partial charge in [-0.05, 0) is 26.7 Å². The summed E-state index contributed by atoms with van der Waals surface area (Å²) >= 11 is 0. The minimum absolute atomic E-state index is 0.0459. The lowest BCUT2D eigenvalue weighted by molar-refractivity contribution is -0.385. The highest BCUT2D eigenvalue weighted by Gasteiger charge is 2.20. The first-order valence-corrected chi connectivity index (χ1v) is 7.34. The van der Waals surface area contributed by atoms with Crippen molar-refractivity contribution in [3.63, 3.8) is 0 Å². The van der Waals surface area contributed by atoms with Crippen LogP contribution in [0.5, 0.6) is 11.5 Å². The Hall–Kier alpha value is -1.98. The van der Waals surface area contributed by atoms with Crippen LogP contribution in [-0.4, -0.2) is 24.2 Å². The highest BCUT2D eigenvalue weighted by Crippen LogP contribution is 2.38. The molecule has 0 amide bonds. The molecule has 6 nitrogen and oxygen atoms in total. The van der Waals surface area contributed by atoms with Gasteiger partial charge >= 0.3 is 5.69 Å². The summed E-state index contributed by atoms with van der Waals surface area (Å²) in [5.41, 5.74) is 0.574. The van der Waals surface area contributed by atoms with Crippen LogP contribution >= 0.6 is 0 Å². The summed E-state index contributed by atoms with van der Waals surface area (Å²) in [7, 11) is 0. The van der Waals surface area contributed by atoms with E-state index < -0.39 is 4.92 Å². The van der Waals surface area contributed by atoms with Gasteiger partial charge in [-0.25, -0.2) is 0 Å². The van der Waals surface area contributed by atoms with E-state index in [9.17, 15) is 10.1 Å². The molecule has 6 heteroatoms. The molecule has 0 saturated heterocycles. The van der Waals surface area contributed by atoms with Crippen LogP contribution < -0.4 is 14.8 Å². The van der Waals surface area contributed by atoms with Crippen molar-refractivity contribution in [2.75, 3.05) is 18.5 Å². The number of nitro benzene ring substituents is 1. The van der Waals surface area contributed by atoms with E-state index in [1.807, 2.05) is 27.7 Å². The monoisotopic (exact) mass is 296 g/mol. The Morgan fingerprint density at radius 1 is 1.14 bits per heavy atom. The molecule has 1 aromatic carbocycles. The van der Waals surface area contributed by atoms with Crippen molar-refractivity contribution in [1.82, 2.24) is 0 Å². The van der Waals surface area contributed by atoms with Gasteiger partial charge in [0.05, 0.1) is 23.8 Å². The van der Waals surface area contributed by atoms with Gasteiger partial charge in [0, 0.05) is 18.2 Å². The zero-order valence-electron chi connectivity index (χ0n) is 13.1. The van der Waals surface area contributed by atoms with Crippen molar-refractivity contribution in [2.24, 2.45) is 0 Å². The largest absolute Gasteiger partial charge is 0.491 e. The third-order valence-electron chi connectivity index (χ3n) is 2.63. The van der Waals surface area contributed by atoms with Gasteiger partial charge in [-0.3, -0.25) is 10.1 Å². The minimum Gasteiger partial charge on any atom is -0.491 e. The van der Waals surface area contributed by atoms with Crippen molar-refractivity contribution in [2.45, 2.75) is 46.6 Å². The van der Waals surface area contributed by atoms with Crippen LogP contribution in [0.2, 0.25) is 0 Å². The molecule has 1 rings (SSSR count). The van der Waals surface area contributed by atoms with E-state index in [0.29, 0.717) is 24.7 Å². The zero-order valence-corrected chi connectivity index (χ0v) is 13.1. The molecule has 0 unspecified atom stereocenters. The molecule has 1 aromatic rings. The normalized spacial score (nSPS) is 10.5. The Balaban J connectivity index is 3.20. The molecule has 0 aliphatic rings. The smallest absolute Gasteiger partial charge is 0.313 e. The molecule has 0 saturated carbocycles. The van der Waals surface area contributed by atoms with Gasteiger partial charge in [0.15, 0.2) is 0 Å². The van der Waals surface area contributed by atoms with E-state index in [-0.39, 0.29) is 17.5 Å². The lowest BCUT2D eigenvalue weighted by Gasteiger charge is -2.17. The number of anilines is 1. The maximum atomic E-state index is 11.2. The molecular formula is C15H24N2O4. The van der Waals surface area contributed by atoms with Crippen LogP contribution in [0, 0.1) is 10.1 Å². The molecule has 0 aliphatic heterocycles. The minimum atomic E-state index is -0.430. The van der Waals surface area contributed by atoms with E-state index >= 15 is 0 Å². The van der Waals surface area contributed by atoms with Gasteiger partial charge < -0.3 is 14.8 Å². The number of rotatable bonds is 9. The van der Waals surface area contributed by atoms with Gasteiger partial charge in [-0.1, -0.05) is 13.8 Å². The maximum absolute atomic E-state index is 11.2. The van der Waals surface area contributed by atoms with E-state index in [2.05, 4.69) is 5.32 Å². The standard InChI is InChI=1S/C15H24N2O4/c1-5-7-20-14-10-15(21-8-6-2)13(17(18)19)9-12(14)16-11(3)4/h9-11,16H,5-8H2,1-4H3. The second-order valence-electron chi connectivity index (χ2n) is 5.07. The van der Waals surface area contributed by atoms with Gasteiger partial charge in [-0.2, -0.15) is 0 Å². The van der Waals surface area contributed by atoms with Crippen LogP contribution in [0.25, 0.3) is 0 Å². The third-order valence-corrected chi connectivity index (χ3v) is 2.63. The molecule has 0 radical (unpaired) electrons. The lowest BCUT2D eigenvalue weighted by Crippen LogP contribution is -2.12. The molecule has 0 aromatic heterocycles. The Labute approximate surface area is 125 Å². The Kier molecular flexibility index (Phi) is 6.78. The number of hydrogen-bond donors (Lipinski definition) is 1. The summed E-state index contributed by atoms with van der Waals surface area (Å²) in [5, 5.41) is 14.4. The second-order valence-corrected chi connectivity index (χ2v) is 5.07.